The van der Waals surface area contributed by atoms with Crippen molar-refractivity contribution in [3.05, 3.63) is 23.2 Å². The first kappa shape index (κ1) is 13.0. The molecule has 2 aromatic rings. The topological polar surface area (TPSA) is 54.0 Å². The number of amides is 1. The molecule has 96 valence electrons. The maximum Gasteiger partial charge on any atom is 0.244 e. The van der Waals surface area contributed by atoms with E-state index >= 15 is 0 Å². The van der Waals surface area contributed by atoms with E-state index in [0.717, 1.165) is 20.9 Å². The molecule has 4 nitrogen and oxygen atoms in total. The number of thiazole rings is 1. The van der Waals surface area contributed by atoms with Crippen molar-refractivity contribution < 1.29 is 4.79 Å². The van der Waals surface area contributed by atoms with Crippen LogP contribution in [0, 0.1) is 6.92 Å². The van der Waals surface area contributed by atoms with Gasteiger partial charge in [0.2, 0.25) is 5.91 Å². The summed E-state index contributed by atoms with van der Waals surface area (Å²) in [6.45, 7) is 5.67. The van der Waals surface area contributed by atoms with E-state index in [9.17, 15) is 4.79 Å². The molecular weight excluding hydrogens is 246 g/mol. The smallest absolute Gasteiger partial charge is 0.244 e. The summed E-state index contributed by atoms with van der Waals surface area (Å²) >= 11 is 1.63. The summed E-state index contributed by atoms with van der Waals surface area (Å²) in [5, 5.41) is 6.92. The first-order valence-corrected chi connectivity index (χ1v) is 6.61. The molecule has 1 amide bonds. The molecule has 2 N–H and O–H groups in total. The van der Waals surface area contributed by atoms with Gasteiger partial charge in [-0.2, -0.15) is 0 Å². The average Bonchev–Trinajstić information content (AvgIpc) is 2.68. The van der Waals surface area contributed by atoms with Crippen LogP contribution in [0.2, 0.25) is 0 Å². The number of fused-ring (bicyclic) bond motifs is 1. The minimum atomic E-state index is -0.585. The molecule has 0 spiro atoms. The Morgan fingerprint density at radius 2 is 2.11 bits per heavy atom. The number of benzene rings is 1. The predicted octanol–water partition coefficient (Wildman–Crippen LogP) is 2.54. The fourth-order valence-electron chi connectivity index (χ4n) is 1.52. The largest absolute Gasteiger partial charge is 0.324 e. The molecule has 0 aliphatic rings. The SMILES string of the molecule is CNC(C)(C)C(=O)Nc1ccc2nc(C)sc2c1. The Morgan fingerprint density at radius 3 is 2.78 bits per heavy atom. The molecule has 5 heteroatoms. The van der Waals surface area contributed by atoms with Gasteiger partial charge in [0.1, 0.15) is 0 Å². The molecule has 0 fully saturated rings. The van der Waals surface area contributed by atoms with Crippen LogP contribution in [0.4, 0.5) is 5.69 Å². The quantitative estimate of drug-likeness (QED) is 0.894. The molecule has 0 atom stereocenters. The molecule has 18 heavy (non-hydrogen) atoms. The zero-order chi connectivity index (χ0) is 13.3. The molecule has 0 aliphatic carbocycles. The van der Waals surface area contributed by atoms with E-state index in [0.29, 0.717) is 0 Å². The number of nitrogens with zero attached hydrogens (tertiary/aromatic N) is 1. The van der Waals surface area contributed by atoms with Crippen molar-refractivity contribution in [2.75, 3.05) is 12.4 Å². The second-order valence-electron chi connectivity index (χ2n) is 4.74. The summed E-state index contributed by atoms with van der Waals surface area (Å²) in [5.41, 5.74) is 1.20. The van der Waals surface area contributed by atoms with Crippen LogP contribution < -0.4 is 10.6 Å². The number of aryl methyl sites for hydroxylation is 1. The molecular formula is C13H17N3OS. The molecule has 0 saturated heterocycles. The molecule has 1 aromatic heterocycles. The monoisotopic (exact) mass is 263 g/mol. The number of rotatable bonds is 3. The molecule has 0 aliphatic heterocycles. The van der Waals surface area contributed by atoms with Crippen LogP contribution in [0.3, 0.4) is 0 Å². The van der Waals surface area contributed by atoms with E-state index in [1.807, 2.05) is 39.0 Å². The number of likely N-dealkylation sites (N-methyl/N-ethyl adjacent to an activating group) is 1. The van der Waals surface area contributed by atoms with E-state index < -0.39 is 5.54 Å². The maximum atomic E-state index is 12.0. The number of hydrogen-bond acceptors (Lipinski definition) is 4. The fourth-order valence-corrected chi connectivity index (χ4v) is 2.38. The average molecular weight is 263 g/mol. The van der Waals surface area contributed by atoms with Gasteiger partial charge in [0, 0.05) is 5.69 Å². The van der Waals surface area contributed by atoms with Crippen molar-refractivity contribution in [2.45, 2.75) is 26.3 Å². The summed E-state index contributed by atoms with van der Waals surface area (Å²) < 4.78 is 1.09. The number of carbonyl (C=O) groups is 1. The second-order valence-corrected chi connectivity index (χ2v) is 5.98. The van der Waals surface area contributed by atoms with E-state index in [-0.39, 0.29) is 5.91 Å². The van der Waals surface area contributed by atoms with Crippen LogP contribution in [0.25, 0.3) is 10.2 Å². The van der Waals surface area contributed by atoms with Gasteiger partial charge in [0.15, 0.2) is 0 Å². The summed E-state index contributed by atoms with van der Waals surface area (Å²) in [7, 11) is 1.77. The van der Waals surface area contributed by atoms with E-state index in [2.05, 4.69) is 15.6 Å². The summed E-state index contributed by atoms with van der Waals surface area (Å²) in [5.74, 6) is -0.0504. The Balaban J connectivity index is 2.24. The van der Waals surface area contributed by atoms with Gasteiger partial charge in [-0.3, -0.25) is 4.79 Å². The van der Waals surface area contributed by atoms with Crippen molar-refractivity contribution in [2.24, 2.45) is 0 Å². The first-order valence-electron chi connectivity index (χ1n) is 5.80. The molecule has 0 radical (unpaired) electrons. The van der Waals surface area contributed by atoms with Gasteiger partial charge in [-0.05, 0) is 46.0 Å². The van der Waals surface area contributed by atoms with Crippen molar-refractivity contribution in [3.63, 3.8) is 0 Å². The Labute approximate surface area is 110 Å². The summed E-state index contributed by atoms with van der Waals surface area (Å²) in [4.78, 5) is 16.4. The highest BCUT2D eigenvalue weighted by Gasteiger charge is 2.25. The third-order valence-electron chi connectivity index (χ3n) is 2.95. The lowest BCUT2D eigenvalue weighted by Gasteiger charge is -2.22. The lowest BCUT2D eigenvalue weighted by molar-refractivity contribution is -0.121. The number of nitrogens with one attached hydrogen (secondary N) is 2. The van der Waals surface area contributed by atoms with E-state index in [1.54, 1.807) is 18.4 Å². The molecule has 1 heterocycles. The van der Waals surface area contributed by atoms with Gasteiger partial charge < -0.3 is 10.6 Å². The third-order valence-corrected chi connectivity index (χ3v) is 3.88. The van der Waals surface area contributed by atoms with Gasteiger partial charge in [-0.1, -0.05) is 0 Å². The number of anilines is 1. The van der Waals surface area contributed by atoms with E-state index in [4.69, 9.17) is 0 Å². The normalized spacial score (nSPS) is 11.8. The second kappa shape index (κ2) is 4.66. The lowest BCUT2D eigenvalue weighted by Crippen LogP contribution is -2.47. The highest BCUT2D eigenvalue weighted by atomic mass is 32.1. The van der Waals surface area contributed by atoms with Gasteiger partial charge in [-0.15, -0.1) is 11.3 Å². The van der Waals surface area contributed by atoms with Crippen molar-refractivity contribution in [1.29, 1.82) is 0 Å². The molecule has 0 bridgehead atoms. The van der Waals surface area contributed by atoms with Gasteiger partial charge >= 0.3 is 0 Å². The van der Waals surface area contributed by atoms with Crippen LogP contribution in [0.5, 0.6) is 0 Å². The highest BCUT2D eigenvalue weighted by Crippen LogP contribution is 2.25. The summed E-state index contributed by atoms with van der Waals surface area (Å²) in [6, 6.07) is 5.77. The zero-order valence-corrected chi connectivity index (χ0v) is 11.8. The van der Waals surface area contributed by atoms with E-state index in [1.165, 1.54) is 0 Å². The number of hydrogen-bond donors (Lipinski definition) is 2. The Hall–Kier alpha value is -1.46. The predicted molar refractivity (Wildman–Crippen MR) is 76.1 cm³/mol. The first-order chi connectivity index (χ1) is 8.42. The van der Waals surface area contributed by atoms with Gasteiger partial charge in [-0.25, -0.2) is 4.98 Å². The van der Waals surface area contributed by atoms with Gasteiger partial charge in [0.05, 0.1) is 20.8 Å². The zero-order valence-electron chi connectivity index (χ0n) is 11.0. The van der Waals surface area contributed by atoms with Crippen LogP contribution in [0.1, 0.15) is 18.9 Å². The highest BCUT2D eigenvalue weighted by molar-refractivity contribution is 7.18. The van der Waals surface area contributed by atoms with Crippen LogP contribution in [-0.4, -0.2) is 23.5 Å². The maximum absolute atomic E-state index is 12.0. The van der Waals surface area contributed by atoms with Crippen LogP contribution in [-0.2, 0) is 4.79 Å². The molecule has 0 unspecified atom stereocenters. The minimum Gasteiger partial charge on any atom is -0.324 e. The van der Waals surface area contributed by atoms with Gasteiger partial charge in [0.25, 0.3) is 0 Å². The Bertz CT molecular complexity index is 589. The third kappa shape index (κ3) is 2.52. The van der Waals surface area contributed by atoms with Crippen molar-refractivity contribution >= 4 is 33.1 Å². The molecule has 0 saturated carbocycles. The number of aromatic nitrogens is 1. The summed E-state index contributed by atoms with van der Waals surface area (Å²) in [6.07, 6.45) is 0. The lowest BCUT2D eigenvalue weighted by atomic mass is 10.1. The Morgan fingerprint density at radius 1 is 1.39 bits per heavy atom. The van der Waals surface area contributed by atoms with Crippen molar-refractivity contribution in [1.82, 2.24) is 10.3 Å². The molecule has 2 rings (SSSR count). The molecule has 1 aromatic carbocycles. The van der Waals surface area contributed by atoms with Crippen LogP contribution >= 0.6 is 11.3 Å². The van der Waals surface area contributed by atoms with Crippen molar-refractivity contribution in [3.8, 4) is 0 Å². The Kier molecular flexibility index (Phi) is 3.36. The standard InChI is InChI=1S/C13H17N3OS/c1-8-15-10-6-5-9(7-11(10)18-8)16-12(17)13(2,3)14-4/h5-7,14H,1-4H3,(H,16,17). The fraction of sp³-hybridized carbons (Fsp3) is 0.385. The minimum absolute atomic E-state index is 0.0504. The number of carbonyl (C=O) groups excluding carboxylic acids is 1. The van der Waals surface area contributed by atoms with Crippen LogP contribution in [0.15, 0.2) is 18.2 Å².